The molecular weight excluding hydrogens is 246 g/mol. The van der Waals surface area contributed by atoms with E-state index in [1.54, 1.807) is 0 Å². The Morgan fingerprint density at radius 2 is 1.78 bits per heavy atom. The lowest BCUT2D eigenvalue weighted by atomic mass is 10.0. The minimum absolute atomic E-state index is 0.847. The van der Waals surface area contributed by atoms with Crippen LogP contribution in [0.2, 0.25) is 0 Å². The molecule has 0 amide bonds. The first-order valence-corrected chi connectivity index (χ1v) is 7.28. The summed E-state index contributed by atoms with van der Waals surface area (Å²) in [6, 6.07) is 0. The molecule has 0 aromatic carbocycles. The van der Waals surface area contributed by atoms with Crippen LogP contribution in [0.4, 0.5) is 0 Å². The number of halogens is 2. The van der Waals surface area contributed by atoms with E-state index in [-0.39, 0.29) is 0 Å². The lowest BCUT2D eigenvalue weighted by molar-refractivity contribution is -0.689. The van der Waals surface area contributed by atoms with E-state index in [0.717, 1.165) is 19.1 Å². The highest BCUT2D eigenvalue weighted by Crippen LogP contribution is 2.15. The zero-order chi connectivity index (χ0) is 7.44. The fourth-order valence-corrected chi connectivity index (χ4v) is 3.12. The van der Waals surface area contributed by atoms with Gasteiger partial charge in [0.05, 0.1) is 13.2 Å². The van der Waals surface area contributed by atoms with Gasteiger partial charge in [0, 0.05) is 0 Å². The van der Waals surface area contributed by atoms with E-state index in [0.29, 0.717) is 0 Å². The van der Waals surface area contributed by atoms with Gasteiger partial charge in [0.1, 0.15) is 0 Å². The molecule has 9 heavy (non-hydrogen) atoms. The molecule has 0 saturated carbocycles. The lowest BCUT2D eigenvalue weighted by Gasteiger charge is -2.06. The van der Waals surface area contributed by atoms with Crippen molar-refractivity contribution < 1.29 is 7.30 Å². The summed E-state index contributed by atoms with van der Waals surface area (Å²) in [6.07, 6.45) is 2.27. The Balaban J connectivity index is 3.38. The molecule has 0 nitrogen and oxygen atoms in total. The van der Waals surface area contributed by atoms with Crippen LogP contribution in [0.25, 0.3) is 0 Å². The predicted octanol–water partition coefficient (Wildman–Crippen LogP) is 2.88. The zero-order valence-corrected chi connectivity index (χ0v) is 9.53. The molecule has 0 rings (SSSR count). The third-order valence-electron chi connectivity index (χ3n) is 1.59. The molecule has 0 aliphatic heterocycles. The Hall–Kier alpha value is 1.02. The normalized spacial score (nSPS) is 15.0. The molecule has 0 aromatic heterocycles. The van der Waals surface area contributed by atoms with Crippen LogP contribution < -0.4 is 0 Å². The maximum atomic E-state index is 2.48. The predicted molar refractivity (Wildman–Crippen MR) is 48.8 cm³/mol. The third-order valence-corrected chi connectivity index (χ3v) is 3.50. The van der Waals surface area contributed by atoms with Gasteiger partial charge in [-0.25, -0.2) is 0 Å². The van der Waals surface area contributed by atoms with E-state index in [9.17, 15) is 0 Å². The van der Waals surface area contributed by atoms with Crippen LogP contribution in [0, 0.1) is 19.1 Å². The number of hydrogen-bond acceptors (Lipinski definition) is 0. The monoisotopic (exact) mass is 262 g/mol. The molecule has 0 aromatic rings. The van der Waals surface area contributed by atoms with Gasteiger partial charge < -0.3 is 0 Å². The Labute approximate surface area is 73.5 Å². The number of rotatable bonds is 3. The van der Waals surface area contributed by atoms with Crippen LogP contribution in [-0.2, 0) is 0 Å². The molecule has 0 radical (unpaired) electrons. The highest BCUT2D eigenvalue weighted by atomic mass is 127. The Morgan fingerprint density at radius 1 is 1.33 bits per heavy atom. The second-order valence-corrected chi connectivity index (χ2v) is 8.39. The lowest BCUT2D eigenvalue weighted by Crippen LogP contribution is -2.12. The molecule has 0 saturated heterocycles. The summed E-state index contributed by atoms with van der Waals surface area (Å²) in [7, 11) is 0.910. The van der Waals surface area contributed by atoms with E-state index < -0.39 is 0 Å². The van der Waals surface area contributed by atoms with Crippen molar-refractivity contribution in [2.75, 3.05) is 12.3 Å². The molecule has 0 unspecified atom stereocenters. The molecule has 0 aliphatic carbocycles. The van der Waals surface area contributed by atoms with Gasteiger partial charge in [0.2, 0.25) is 12.3 Å². The summed E-state index contributed by atoms with van der Waals surface area (Å²) in [5.74, 6) is 3.08. The topological polar surface area (TPSA) is 0 Å². The summed E-state index contributed by atoms with van der Waals surface area (Å²) in [5.41, 5.74) is 0. The van der Waals surface area contributed by atoms with Crippen molar-refractivity contribution in [2.45, 2.75) is 20.8 Å². The highest BCUT2D eigenvalue weighted by molar-refractivity contribution is 14.1. The van der Waals surface area contributed by atoms with Gasteiger partial charge >= 0.3 is 21.5 Å². The second kappa shape index (κ2) is 4.78. The van der Waals surface area contributed by atoms with Crippen LogP contribution in [0.3, 0.4) is 0 Å². The Bertz CT molecular complexity index is 71.3. The average molecular weight is 263 g/mol. The van der Waals surface area contributed by atoms with Gasteiger partial charge in [-0.2, -0.15) is 0 Å². The molecule has 0 heterocycles. The van der Waals surface area contributed by atoms with Crippen LogP contribution in [-0.4, -0.2) is 12.3 Å². The summed E-state index contributed by atoms with van der Waals surface area (Å²) in [4.78, 5) is 0. The molecule has 1 atom stereocenters. The second-order valence-electron chi connectivity index (χ2n) is 2.89. The standard InChI is InChI=1S/C7H16ClI/c1-6(2)7(3)5-8(4)9/h6-7H,5H2,1-4H3/q+2/t7-/m1/s1. The highest BCUT2D eigenvalue weighted by Gasteiger charge is 2.22. The van der Waals surface area contributed by atoms with Gasteiger partial charge in [-0.3, -0.25) is 0 Å². The van der Waals surface area contributed by atoms with E-state index in [4.69, 9.17) is 0 Å². The van der Waals surface area contributed by atoms with E-state index in [2.05, 4.69) is 48.6 Å². The van der Waals surface area contributed by atoms with Gasteiger partial charge in [-0.15, -0.1) is 0 Å². The summed E-state index contributed by atoms with van der Waals surface area (Å²) >= 11 is 2.48. The average Bonchev–Trinajstić information content (AvgIpc) is 1.63. The molecule has 2 heteroatoms. The van der Waals surface area contributed by atoms with Gasteiger partial charge in [-0.05, 0) is 5.92 Å². The van der Waals surface area contributed by atoms with Crippen molar-refractivity contribution in [1.82, 2.24) is 0 Å². The van der Waals surface area contributed by atoms with Crippen molar-refractivity contribution in [3.05, 3.63) is 0 Å². The molecule has 0 N–H and O–H groups in total. The quantitative estimate of drug-likeness (QED) is 0.542. The van der Waals surface area contributed by atoms with Gasteiger partial charge in [-0.1, -0.05) is 20.8 Å². The fraction of sp³-hybridized carbons (Fsp3) is 1.00. The Kier molecular flexibility index (Phi) is 5.32. The smallest absolute Gasteiger partial charge is 0.0621 e. The van der Waals surface area contributed by atoms with Crippen molar-refractivity contribution >= 4 is 21.5 Å². The van der Waals surface area contributed by atoms with Crippen molar-refractivity contribution in [3.63, 3.8) is 0 Å². The minimum Gasteiger partial charge on any atom is -0.0621 e. The summed E-state index contributed by atoms with van der Waals surface area (Å²) in [6.45, 7) is 6.92. The van der Waals surface area contributed by atoms with Crippen LogP contribution >= 0.6 is 21.5 Å². The summed E-state index contributed by atoms with van der Waals surface area (Å²) in [5, 5.41) is 0. The molecule has 0 bridgehead atoms. The summed E-state index contributed by atoms with van der Waals surface area (Å²) < 4.78 is 0. The van der Waals surface area contributed by atoms with Crippen molar-refractivity contribution in [1.29, 1.82) is 0 Å². The zero-order valence-electron chi connectivity index (χ0n) is 6.62. The maximum Gasteiger partial charge on any atom is 0.577 e. The molecular formula is C7H16ClI+2. The van der Waals surface area contributed by atoms with Crippen LogP contribution in [0.5, 0.6) is 0 Å². The third kappa shape index (κ3) is 5.46. The minimum atomic E-state index is 0.847. The van der Waals surface area contributed by atoms with E-state index >= 15 is 0 Å². The first-order chi connectivity index (χ1) is 4.04. The largest absolute Gasteiger partial charge is 0.577 e. The molecule has 56 valence electrons. The van der Waals surface area contributed by atoms with Gasteiger partial charge in [0.15, 0.2) is 0 Å². The SMILES string of the molecule is CC(C)[C@H](C)C[Cl+2](C)I. The van der Waals surface area contributed by atoms with Crippen LogP contribution in [0.1, 0.15) is 20.8 Å². The first-order valence-electron chi connectivity index (χ1n) is 3.26. The number of hydrogen-bond donors (Lipinski definition) is 0. The Morgan fingerprint density at radius 3 is 1.89 bits per heavy atom. The molecule has 0 aliphatic rings. The van der Waals surface area contributed by atoms with Crippen molar-refractivity contribution in [3.8, 4) is 0 Å². The first kappa shape index (κ1) is 10.0. The van der Waals surface area contributed by atoms with E-state index in [1.165, 1.54) is 5.88 Å². The maximum absolute atomic E-state index is 2.48. The fourth-order valence-electron chi connectivity index (χ4n) is 0.514. The molecule has 0 spiro atoms. The van der Waals surface area contributed by atoms with E-state index in [1.807, 2.05) is 0 Å². The van der Waals surface area contributed by atoms with Crippen molar-refractivity contribution in [2.24, 2.45) is 11.8 Å². The van der Waals surface area contributed by atoms with Gasteiger partial charge in [0.25, 0.3) is 0 Å². The van der Waals surface area contributed by atoms with Crippen LogP contribution in [0.15, 0.2) is 0 Å². The number of alkyl halides is 2. The molecule has 0 fully saturated rings.